The number of halogens is 1. The van der Waals surface area contributed by atoms with Crippen molar-refractivity contribution in [2.75, 3.05) is 32.0 Å². The number of pyridine rings is 1. The van der Waals surface area contributed by atoms with Crippen LogP contribution in [0.1, 0.15) is 18.9 Å². The molecule has 3 aromatic rings. The molecule has 2 N–H and O–H groups in total. The van der Waals surface area contributed by atoms with Crippen molar-refractivity contribution in [3.05, 3.63) is 29.7 Å². The topological polar surface area (TPSA) is 86.5 Å². The van der Waals surface area contributed by atoms with Gasteiger partial charge in [0.25, 0.3) is 0 Å². The van der Waals surface area contributed by atoms with Crippen LogP contribution in [0.2, 0.25) is 5.02 Å². The SMILES string of the molecule is Nc1nc2c(Cl)cc(-c3cnn(C4CCN(C5COC5)CC4)c3)cn2n1. The standard InChI is InChI=1S/C17H20ClN7O/c18-15-5-11(7-25-16(15)21-17(19)22-25)12-6-20-24(8-12)13-1-3-23(4-2-13)14-9-26-10-14/h5-8,13-14H,1-4,9-10H2,(H2,19,22). The predicted octanol–water partition coefficient (Wildman–Crippen LogP) is 1.86. The molecule has 26 heavy (non-hydrogen) atoms. The molecule has 0 saturated carbocycles. The van der Waals surface area contributed by atoms with Crippen LogP contribution >= 0.6 is 11.6 Å². The van der Waals surface area contributed by atoms with Gasteiger partial charge in [-0.05, 0) is 18.9 Å². The van der Waals surface area contributed by atoms with Crippen molar-refractivity contribution in [1.82, 2.24) is 29.3 Å². The van der Waals surface area contributed by atoms with Gasteiger partial charge in [0.1, 0.15) is 0 Å². The number of anilines is 1. The lowest BCUT2D eigenvalue weighted by atomic mass is 10.0. The van der Waals surface area contributed by atoms with Crippen molar-refractivity contribution >= 4 is 23.2 Å². The zero-order valence-electron chi connectivity index (χ0n) is 14.3. The predicted molar refractivity (Wildman–Crippen MR) is 98.1 cm³/mol. The number of hydrogen-bond donors (Lipinski definition) is 1. The van der Waals surface area contributed by atoms with E-state index >= 15 is 0 Å². The summed E-state index contributed by atoms with van der Waals surface area (Å²) < 4.78 is 9.00. The average molecular weight is 374 g/mol. The molecular weight excluding hydrogens is 354 g/mol. The van der Waals surface area contributed by atoms with Crippen molar-refractivity contribution in [3.8, 4) is 11.1 Å². The number of likely N-dealkylation sites (tertiary alicyclic amines) is 1. The zero-order valence-corrected chi connectivity index (χ0v) is 15.0. The van der Waals surface area contributed by atoms with Crippen LogP contribution in [0.25, 0.3) is 16.8 Å². The van der Waals surface area contributed by atoms with E-state index in [4.69, 9.17) is 22.1 Å². The second-order valence-corrected chi connectivity index (χ2v) is 7.39. The maximum Gasteiger partial charge on any atom is 0.240 e. The Balaban J connectivity index is 1.35. The van der Waals surface area contributed by atoms with Crippen LogP contribution in [0.15, 0.2) is 24.7 Å². The van der Waals surface area contributed by atoms with E-state index < -0.39 is 0 Å². The fourth-order valence-electron chi connectivity index (χ4n) is 3.76. The molecule has 136 valence electrons. The Kier molecular flexibility index (Phi) is 3.84. The first-order chi connectivity index (χ1) is 12.7. The molecule has 0 amide bonds. The number of nitrogen functional groups attached to an aromatic ring is 1. The molecule has 3 aromatic heterocycles. The number of nitrogens with two attached hydrogens (primary N) is 1. The summed E-state index contributed by atoms with van der Waals surface area (Å²) in [6.07, 6.45) is 8.06. The monoisotopic (exact) mass is 373 g/mol. The van der Waals surface area contributed by atoms with Gasteiger partial charge in [-0.1, -0.05) is 11.6 Å². The van der Waals surface area contributed by atoms with E-state index in [0.717, 1.165) is 50.3 Å². The highest BCUT2D eigenvalue weighted by Crippen LogP contribution is 2.29. The first kappa shape index (κ1) is 16.0. The van der Waals surface area contributed by atoms with Crippen LogP contribution in [-0.2, 0) is 4.74 Å². The number of aromatic nitrogens is 5. The molecular formula is C17H20ClN7O. The number of ether oxygens (including phenoxy) is 1. The number of hydrogen-bond acceptors (Lipinski definition) is 6. The number of nitrogens with zero attached hydrogens (tertiary/aromatic N) is 6. The normalized spacial score (nSPS) is 19.9. The second-order valence-electron chi connectivity index (χ2n) is 6.98. The summed E-state index contributed by atoms with van der Waals surface area (Å²) in [4.78, 5) is 6.66. The van der Waals surface area contributed by atoms with E-state index in [-0.39, 0.29) is 5.95 Å². The molecule has 0 unspecified atom stereocenters. The zero-order chi connectivity index (χ0) is 17.7. The van der Waals surface area contributed by atoms with E-state index in [2.05, 4.69) is 31.0 Å². The Morgan fingerprint density at radius 3 is 2.65 bits per heavy atom. The summed E-state index contributed by atoms with van der Waals surface area (Å²) in [6, 6.07) is 2.93. The third-order valence-electron chi connectivity index (χ3n) is 5.35. The Hall–Kier alpha value is -2.16. The van der Waals surface area contributed by atoms with Crippen molar-refractivity contribution < 1.29 is 4.74 Å². The average Bonchev–Trinajstić information content (AvgIpc) is 3.20. The fraction of sp³-hybridized carbons (Fsp3) is 0.471. The first-order valence-electron chi connectivity index (χ1n) is 8.85. The lowest BCUT2D eigenvalue weighted by Gasteiger charge is -2.41. The van der Waals surface area contributed by atoms with Crippen LogP contribution in [-0.4, -0.2) is 61.6 Å². The van der Waals surface area contributed by atoms with Crippen molar-refractivity contribution in [2.45, 2.75) is 24.9 Å². The number of piperidine rings is 1. The van der Waals surface area contributed by atoms with E-state index in [1.807, 2.05) is 18.5 Å². The minimum atomic E-state index is 0.211. The Bertz CT molecular complexity index is 940. The van der Waals surface area contributed by atoms with Crippen LogP contribution in [0.5, 0.6) is 0 Å². The molecule has 2 saturated heterocycles. The highest BCUT2D eigenvalue weighted by atomic mass is 35.5. The van der Waals surface area contributed by atoms with Crippen molar-refractivity contribution in [1.29, 1.82) is 0 Å². The van der Waals surface area contributed by atoms with Crippen LogP contribution in [0, 0.1) is 0 Å². The number of rotatable bonds is 3. The van der Waals surface area contributed by atoms with E-state index in [9.17, 15) is 0 Å². The first-order valence-corrected chi connectivity index (χ1v) is 9.23. The third kappa shape index (κ3) is 2.74. The minimum absolute atomic E-state index is 0.211. The van der Waals surface area contributed by atoms with E-state index in [1.54, 1.807) is 4.52 Å². The highest BCUT2D eigenvalue weighted by molar-refractivity contribution is 6.33. The molecule has 0 bridgehead atoms. The molecule has 0 spiro atoms. The van der Waals surface area contributed by atoms with Gasteiger partial charge in [0.05, 0.1) is 36.5 Å². The summed E-state index contributed by atoms with van der Waals surface area (Å²) in [5, 5.41) is 9.27. The van der Waals surface area contributed by atoms with Gasteiger partial charge in [-0.15, -0.1) is 5.10 Å². The maximum atomic E-state index is 6.32. The molecule has 2 fully saturated rings. The Labute approximate surface area is 155 Å². The molecule has 0 atom stereocenters. The highest BCUT2D eigenvalue weighted by Gasteiger charge is 2.30. The summed E-state index contributed by atoms with van der Waals surface area (Å²) in [6.45, 7) is 3.97. The molecule has 5 heterocycles. The molecule has 9 heteroatoms. The fourth-order valence-corrected chi connectivity index (χ4v) is 4.00. The summed E-state index contributed by atoms with van der Waals surface area (Å²) in [5.41, 5.74) is 8.19. The second kappa shape index (κ2) is 6.22. The molecule has 0 aromatic carbocycles. The minimum Gasteiger partial charge on any atom is -0.378 e. The van der Waals surface area contributed by atoms with Gasteiger partial charge in [0.15, 0.2) is 5.65 Å². The molecule has 2 aliphatic heterocycles. The van der Waals surface area contributed by atoms with Crippen LogP contribution in [0.3, 0.4) is 0 Å². The van der Waals surface area contributed by atoms with E-state index in [1.165, 1.54) is 0 Å². The third-order valence-corrected chi connectivity index (χ3v) is 5.63. The molecule has 5 rings (SSSR count). The van der Waals surface area contributed by atoms with Gasteiger partial charge in [0.2, 0.25) is 5.95 Å². The quantitative estimate of drug-likeness (QED) is 0.754. The smallest absolute Gasteiger partial charge is 0.240 e. The largest absolute Gasteiger partial charge is 0.378 e. The van der Waals surface area contributed by atoms with Gasteiger partial charge in [-0.25, -0.2) is 4.52 Å². The molecule has 8 nitrogen and oxygen atoms in total. The van der Waals surface area contributed by atoms with Crippen LogP contribution in [0.4, 0.5) is 5.95 Å². The molecule has 0 radical (unpaired) electrons. The molecule has 0 aliphatic carbocycles. The summed E-state index contributed by atoms with van der Waals surface area (Å²) in [5.74, 6) is 0.211. The lowest BCUT2D eigenvalue weighted by molar-refractivity contribution is -0.0734. The van der Waals surface area contributed by atoms with Crippen molar-refractivity contribution in [2.24, 2.45) is 0 Å². The maximum absolute atomic E-state index is 6.32. The number of fused-ring (bicyclic) bond motifs is 1. The van der Waals surface area contributed by atoms with Crippen molar-refractivity contribution in [3.63, 3.8) is 0 Å². The van der Waals surface area contributed by atoms with Gasteiger partial charge in [-0.3, -0.25) is 9.58 Å². The van der Waals surface area contributed by atoms with Gasteiger partial charge >= 0.3 is 0 Å². The van der Waals surface area contributed by atoms with Gasteiger partial charge in [0, 0.05) is 36.6 Å². The Morgan fingerprint density at radius 2 is 1.92 bits per heavy atom. The Morgan fingerprint density at radius 1 is 1.12 bits per heavy atom. The molecule has 2 aliphatic rings. The lowest BCUT2D eigenvalue weighted by Crippen LogP contribution is -2.51. The van der Waals surface area contributed by atoms with E-state index in [0.29, 0.717) is 22.8 Å². The van der Waals surface area contributed by atoms with Crippen LogP contribution < -0.4 is 5.73 Å². The summed E-state index contributed by atoms with van der Waals surface area (Å²) >= 11 is 6.32. The van der Waals surface area contributed by atoms with Gasteiger partial charge in [-0.2, -0.15) is 10.1 Å². The summed E-state index contributed by atoms with van der Waals surface area (Å²) in [7, 11) is 0. The van der Waals surface area contributed by atoms with Gasteiger partial charge < -0.3 is 10.5 Å².